The lowest BCUT2D eigenvalue weighted by atomic mass is 9.99. The van der Waals surface area contributed by atoms with Crippen molar-refractivity contribution in [3.8, 4) is 0 Å². The standard InChI is InChI=1S/C51H92O11/c1-3-5-7-9-11-13-15-17-18-19-20-21-22-23-24-25-26-28-29-31-33-35-37-39-44(52)59-41-43(42-60-51-48(56)46(54)47(55)49(62-51)50(57)58)61-45(53)40-38-36-34-32-30-27-16-14-12-10-8-6-4-2/h14,16,19-20,43,46-49,51,54-56H,3-13,15,17-18,21-42H2,1-2H3,(H,57,58)/b16-14-,20-19-. The molecule has 0 radical (unpaired) electrons. The van der Waals surface area contributed by atoms with Crippen LogP contribution >= 0.6 is 0 Å². The van der Waals surface area contributed by atoms with Crippen molar-refractivity contribution < 1.29 is 53.8 Å². The van der Waals surface area contributed by atoms with E-state index in [0.717, 1.165) is 57.8 Å². The Bertz CT molecular complexity index is 1130. The van der Waals surface area contributed by atoms with E-state index in [9.17, 15) is 34.8 Å². The first-order valence-corrected chi connectivity index (χ1v) is 25.4. The highest BCUT2D eigenvalue weighted by molar-refractivity contribution is 5.73. The number of rotatable bonds is 43. The van der Waals surface area contributed by atoms with E-state index in [1.165, 1.54) is 135 Å². The largest absolute Gasteiger partial charge is 0.479 e. The molecule has 0 saturated carbocycles. The first-order chi connectivity index (χ1) is 30.2. The molecule has 1 saturated heterocycles. The summed E-state index contributed by atoms with van der Waals surface area (Å²) in [4.78, 5) is 36.9. The Morgan fingerprint density at radius 1 is 0.484 bits per heavy atom. The van der Waals surface area contributed by atoms with Crippen molar-refractivity contribution in [1.29, 1.82) is 0 Å². The highest BCUT2D eigenvalue weighted by Gasteiger charge is 2.47. The average Bonchev–Trinajstić information content (AvgIpc) is 3.26. The first kappa shape index (κ1) is 57.7. The first-order valence-electron chi connectivity index (χ1n) is 25.4. The van der Waals surface area contributed by atoms with Crippen LogP contribution in [0.15, 0.2) is 24.3 Å². The SMILES string of the molecule is CCCCCC/C=C\CCCCCCCC(=O)OC(COC(=O)CCCCCCCCCCCCC/C=C\CCCCCCCCCC)COC1OC(C(=O)O)C(O)C(O)C1O. The summed E-state index contributed by atoms with van der Waals surface area (Å²) in [6, 6.07) is 0. The minimum atomic E-state index is -1.86. The zero-order chi connectivity index (χ0) is 45.3. The molecule has 11 heteroatoms. The van der Waals surface area contributed by atoms with Gasteiger partial charge in [0.1, 0.15) is 24.9 Å². The summed E-state index contributed by atoms with van der Waals surface area (Å²) in [5.74, 6) is -2.45. The van der Waals surface area contributed by atoms with Crippen LogP contribution in [-0.2, 0) is 33.3 Å². The molecule has 0 bridgehead atoms. The lowest BCUT2D eigenvalue weighted by molar-refractivity contribution is -0.298. The Morgan fingerprint density at radius 2 is 0.855 bits per heavy atom. The fourth-order valence-electron chi connectivity index (χ4n) is 7.75. The number of esters is 2. The molecule has 1 rings (SSSR count). The lowest BCUT2D eigenvalue weighted by Crippen LogP contribution is -2.60. The monoisotopic (exact) mass is 881 g/mol. The predicted molar refractivity (Wildman–Crippen MR) is 248 cm³/mol. The van der Waals surface area contributed by atoms with Gasteiger partial charge in [0.2, 0.25) is 0 Å². The molecule has 4 N–H and O–H groups in total. The van der Waals surface area contributed by atoms with Crippen molar-refractivity contribution in [1.82, 2.24) is 0 Å². The molecule has 0 aliphatic carbocycles. The van der Waals surface area contributed by atoms with Crippen LogP contribution in [0.1, 0.15) is 232 Å². The fourth-order valence-corrected chi connectivity index (χ4v) is 7.75. The summed E-state index contributed by atoms with van der Waals surface area (Å²) >= 11 is 0. The third-order valence-electron chi connectivity index (χ3n) is 11.8. The van der Waals surface area contributed by atoms with Crippen LogP contribution < -0.4 is 0 Å². The summed E-state index contributed by atoms with van der Waals surface area (Å²) in [5.41, 5.74) is 0. The van der Waals surface area contributed by atoms with Crippen molar-refractivity contribution in [3.63, 3.8) is 0 Å². The van der Waals surface area contributed by atoms with Gasteiger partial charge in [0.25, 0.3) is 0 Å². The molecular weight excluding hydrogens is 789 g/mol. The maximum absolute atomic E-state index is 12.8. The van der Waals surface area contributed by atoms with Crippen LogP contribution in [0.4, 0.5) is 0 Å². The minimum absolute atomic E-state index is 0.175. The molecular formula is C51H92O11. The fraction of sp³-hybridized carbons (Fsp3) is 0.863. The van der Waals surface area contributed by atoms with E-state index in [-0.39, 0.29) is 19.4 Å². The molecule has 0 amide bonds. The number of hydrogen-bond acceptors (Lipinski definition) is 10. The number of aliphatic hydroxyl groups excluding tert-OH is 3. The summed E-state index contributed by atoms with van der Waals surface area (Å²) in [7, 11) is 0. The highest BCUT2D eigenvalue weighted by Crippen LogP contribution is 2.23. The van der Waals surface area contributed by atoms with Crippen molar-refractivity contribution >= 4 is 17.9 Å². The van der Waals surface area contributed by atoms with E-state index < -0.39 is 61.3 Å². The number of aliphatic carboxylic acids is 1. The van der Waals surface area contributed by atoms with Crippen LogP contribution in [0.3, 0.4) is 0 Å². The van der Waals surface area contributed by atoms with Gasteiger partial charge in [-0.3, -0.25) is 9.59 Å². The Morgan fingerprint density at radius 3 is 1.27 bits per heavy atom. The Labute approximate surface area is 377 Å². The van der Waals surface area contributed by atoms with Crippen molar-refractivity contribution in [2.75, 3.05) is 13.2 Å². The minimum Gasteiger partial charge on any atom is -0.479 e. The van der Waals surface area contributed by atoms with Gasteiger partial charge in [-0.25, -0.2) is 4.79 Å². The number of ether oxygens (including phenoxy) is 4. The van der Waals surface area contributed by atoms with Crippen molar-refractivity contribution in [3.05, 3.63) is 24.3 Å². The molecule has 11 nitrogen and oxygen atoms in total. The molecule has 1 aliphatic rings. The quantitative estimate of drug-likeness (QED) is 0.0261. The van der Waals surface area contributed by atoms with Gasteiger partial charge in [-0.1, -0.05) is 179 Å². The number of allylic oxidation sites excluding steroid dienone is 4. The molecule has 0 spiro atoms. The molecule has 0 aromatic carbocycles. The highest BCUT2D eigenvalue weighted by atomic mass is 16.7. The second-order valence-corrected chi connectivity index (χ2v) is 17.7. The molecule has 1 heterocycles. The van der Waals surface area contributed by atoms with E-state index in [4.69, 9.17) is 18.9 Å². The molecule has 362 valence electrons. The number of aliphatic hydroxyl groups is 3. The second-order valence-electron chi connectivity index (χ2n) is 17.7. The summed E-state index contributed by atoms with van der Waals surface area (Å²) in [6.07, 6.45) is 38.1. The molecule has 62 heavy (non-hydrogen) atoms. The van der Waals surface area contributed by atoms with Crippen LogP contribution in [-0.4, -0.2) is 88.4 Å². The average molecular weight is 881 g/mol. The van der Waals surface area contributed by atoms with E-state index in [2.05, 4.69) is 38.2 Å². The van der Waals surface area contributed by atoms with E-state index in [0.29, 0.717) is 12.8 Å². The topological polar surface area (TPSA) is 169 Å². The zero-order valence-corrected chi connectivity index (χ0v) is 39.4. The van der Waals surface area contributed by atoms with Gasteiger partial charge in [-0.15, -0.1) is 0 Å². The van der Waals surface area contributed by atoms with Crippen molar-refractivity contribution in [2.24, 2.45) is 0 Å². The van der Waals surface area contributed by atoms with Crippen molar-refractivity contribution in [2.45, 2.75) is 269 Å². The maximum Gasteiger partial charge on any atom is 0.335 e. The van der Waals surface area contributed by atoms with Gasteiger partial charge in [-0.2, -0.15) is 0 Å². The zero-order valence-electron chi connectivity index (χ0n) is 39.4. The van der Waals surface area contributed by atoms with Gasteiger partial charge < -0.3 is 39.4 Å². The number of carboxylic acid groups (broad SMARTS) is 1. The van der Waals surface area contributed by atoms with Gasteiger partial charge in [0, 0.05) is 12.8 Å². The molecule has 6 unspecified atom stereocenters. The maximum atomic E-state index is 12.8. The van der Waals surface area contributed by atoms with Gasteiger partial charge in [-0.05, 0) is 64.2 Å². The normalized spacial score (nSPS) is 19.7. The molecule has 0 aromatic rings. The van der Waals surface area contributed by atoms with Crippen LogP contribution in [0.2, 0.25) is 0 Å². The van der Waals surface area contributed by atoms with Crippen LogP contribution in [0.5, 0.6) is 0 Å². The molecule has 1 aliphatic heterocycles. The smallest absolute Gasteiger partial charge is 0.335 e. The van der Waals surface area contributed by atoms with Gasteiger partial charge in [0.15, 0.2) is 18.5 Å². The predicted octanol–water partition coefficient (Wildman–Crippen LogP) is 11.8. The van der Waals surface area contributed by atoms with E-state index >= 15 is 0 Å². The Balaban J connectivity index is 2.26. The molecule has 0 aromatic heterocycles. The number of carbonyl (C=O) groups is 3. The summed E-state index contributed by atoms with van der Waals surface area (Å²) in [6.45, 7) is 3.81. The molecule has 6 atom stereocenters. The molecule has 1 fully saturated rings. The third kappa shape index (κ3) is 32.4. The summed E-state index contributed by atoms with van der Waals surface area (Å²) in [5, 5.41) is 39.9. The van der Waals surface area contributed by atoms with E-state index in [1.54, 1.807) is 0 Å². The van der Waals surface area contributed by atoms with Gasteiger partial charge >= 0.3 is 17.9 Å². The van der Waals surface area contributed by atoms with Gasteiger partial charge in [0.05, 0.1) is 6.61 Å². The number of carboxylic acids is 1. The third-order valence-corrected chi connectivity index (χ3v) is 11.8. The van der Waals surface area contributed by atoms with Crippen LogP contribution in [0, 0.1) is 0 Å². The number of carbonyl (C=O) groups excluding carboxylic acids is 2. The second kappa shape index (κ2) is 41.4. The van der Waals surface area contributed by atoms with E-state index in [1.807, 2.05) is 0 Å². The number of hydrogen-bond donors (Lipinski definition) is 4. The summed E-state index contributed by atoms with van der Waals surface area (Å²) < 4.78 is 21.8. The number of unbranched alkanes of at least 4 members (excludes halogenated alkanes) is 28. The Hall–Kier alpha value is -2.31. The lowest BCUT2D eigenvalue weighted by Gasteiger charge is -2.38. The Kier molecular flexibility index (Phi) is 38.5. The van der Waals surface area contributed by atoms with Crippen LogP contribution in [0.25, 0.3) is 0 Å².